The van der Waals surface area contributed by atoms with Gasteiger partial charge in [-0.2, -0.15) is 0 Å². The fourth-order valence-electron chi connectivity index (χ4n) is 3.64. The van der Waals surface area contributed by atoms with E-state index in [1.165, 1.54) is 25.4 Å². The molecule has 35 heavy (non-hydrogen) atoms. The highest BCUT2D eigenvalue weighted by atomic mass is 35.5. The van der Waals surface area contributed by atoms with Crippen molar-refractivity contribution in [3.05, 3.63) is 89.1 Å². The summed E-state index contributed by atoms with van der Waals surface area (Å²) in [6.45, 7) is 0. The number of rotatable bonds is 5. The first-order chi connectivity index (χ1) is 16.9. The van der Waals surface area contributed by atoms with E-state index in [0.717, 1.165) is 16.8 Å². The second-order valence-electron chi connectivity index (χ2n) is 7.59. The number of para-hydroxylation sites is 1. The summed E-state index contributed by atoms with van der Waals surface area (Å²) in [7, 11) is 1.48. The molecule has 0 saturated heterocycles. The summed E-state index contributed by atoms with van der Waals surface area (Å²) in [6, 6.07) is 14.3. The molecule has 3 heterocycles. The Balaban J connectivity index is 1.42. The Morgan fingerprint density at radius 3 is 2.71 bits per heavy atom. The van der Waals surface area contributed by atoms with E-state index in [-0.39, 0.29) is 22.0 Å². The van der Waals surface area contributed by atoms with Gasteiger partial charge in [-0.05, 0) is 36.4 Å². The van der Waals surface area contributed by atoms with Crippen molar-refractivity contribution in [3.63, 3.8) is 0 Å². The molecule has 0 radical (unpaired) electrons. The molecule has 0 unspecified atom stereocenters. The molecule has 5 aromatic rings. The van der Waals surface area contributed by atoms with Crippen LogP contribution in [0.15, 0.2) is 67.0 Å². The van der Waals surface area contributed by atoms with Crippen LogP contribution in [0.25, 0.3) is 21.9 Å². The third-order valence-corrected chi connectivity index (χ3v) is 5.65. The molecule has 0 saturated carbocycles. The van der Waals surface area contributed by atoms with Gasteiger partial charge < -0.3 is 20.4 Å². The highest BCUT2D eigenvalue weighted by Crippen LogP contribution is 2.28. The lowest BCUT2D eigenvalue weighted by Crippen LogP contribution is -2.17. The molecule has 2 aromatic carbocycles. The number of methoxy groups -OCH3 is 1. The lowest BCUT2D eigenvalue weighted by molar-refractivity contribution is 0.101. The first-order valence-electron chi connectivity index (χ1n) is 10.4. The van der Waals surface area contributed by atoms with Crippen molar-refractivity contribution >= 4 is 56.7 Å². The number of nitrogens with zero attached hydrogens (tertiary/aromatic N) is 2. The Hall–Kier alpha value is -4.50. The summed E-state index contributed by atoms with van der Waals surface area (Å²) < 4.78 is 20.0. The van der Waals surface area contributed by atoms with Gasteiger partial charge in [0.2, 0.25) is 0 Å². The zero-order valence-electron chi connectivity index (χ0n) is 18.2. The Labute approximate surface area is 203 Å². The van der Waals surface area contributed by atoms with E-state index in [1.54, 1.807) is 24.4 Å². The lowest BCUT2D eigenvalue weighted by atomic mass is 10.1. The fourth-order valence-corrected chi connectivity index (χ4v) is 3.88. The van der Waals surface area contributed by atoms with Gasteiger partial charge in [0.05, 0.1) is 40.8 Å². The van der Waals surface area contributed by atoms with E-state index in [2.05, 4.69) is 25.6 Å². The predicted octanol–water partition coefficient (Wildman–Crippen LogP) is 5.42. The molecule has 3 aromatic heterocycles. The number of hydrogen-bond acceptors (Lipinski definition) is 5. The summed E-state index contributed by atoms with van der Waals surface area (Å²) in [5.74, 6) is -1.62. The average molecular weight is 490 g/mol. The first-order valence-corrected chi connectivity index (χ1v) is 10.8. The SMILES string of the molecule is COc1cc(C(=O)Nc2cc(C(=O)Nc3cnc4[nH]ccc4c3)c(Cl)cc2F)nc2ccccc12. The number of halogens is 2. The van der Waals surface area contributed by atoms with Crippen LogP contribution in [0.4, 0.5) is 15.8 Å². The number of carbonyl (C=O) groups excluding carboxylic acids is 2. The zero-order valence-corrected chi connectivity index (χ0v) is 19.0. The maximum absolute atomic E-state index is 14.6. The number of anilines is 2. The molecule has 8 nitrogen and oxygen atoms in total. The number of fused-ring (bicyclic) bond motifs is 2. The minimum atomic E-state index is -0.803. The van der Waals surface area contributed by atoms with E-state index in [1.807, 2.05) is 18.2 Å². The monoisotopic (exact) mass is 489 g/mol. The van der Waals surface area contributed by atoms with Gasteiger partial charge in [0.15, 0.2) is 0 Å². The first kappa shape index (κ1) is 22.3. The van der Waals surface area contributed by atoms with Gasteiger partial charge in [-0.3, -0.25) is 9.59 Å². The number of ether oxygens (including phenoxy) is 1. The van der Waals surface area contributed by atoms with Gasteiger partial charge >= 0.3 is 0 Å². The Morgan fingerprint density at radius 1 is 1.06 bits per heavy atom. The predicted molar refractivity (Wildman–Crippen MR) is 132 cm³/mol. The van der Waals surface area contributed by atoms with E-state index < -0.39 is 17.6 Å². The number of carbonyl (C=O) groups is 2. The lowest BCUT2D eigenvalue weighted by Gasteiger charge is -2.12. The minimum absolute atomic E-state index is 0.0202. The van der Waals surface area contributed by atoms with Crippen LogP contribution in [0.2, 0.25) is 5.02 Å². The normalized spacial score (nSPS) is 10.9. The summed E-state index contributed by atoms with van der Waals surface area (Å²) >= 11 is 6.14. The molecule has 2 amide bonds. The summed E-state index contributed by atoms with van der Waals surface area (Å²) in [4.78, 5) is 37.3. The van der Waals surface area contributed by atoms with Crippen molar-refractivity contribution in [2.45, 2.75) is 0 Å². The molecule has 3 N–H and O–H groups in total. The molecule has 174 valence electrons. The van der Waals surface area contributed by atoms with E-state index >= 15 is 0 Å². The standard InChI is InChI=1S/C25H17ClFN5O3/c1-35-22-11-21(31-19-5-3-2-4-15(19)22)25(34)32-20-9-16(17(26)10-18(20)27)24(33)30-14-8-13-6-7-28-23(13)29-12-14/h2-12H,1H3,(H,28,29)(H,30,33)(H,32,34). The molecule has 10 heteroatoms. The fraction of sp³-hybridized carbons (Fsp3) is 0.0400. The molecule has 0 aliphatic carbocycles. The zero-order chi connectivity index (χ0) is 24.5. The highest BCUT2D eigenvalue weighted by molar-refractivity contribution is 6.34. The third kappa shape index (κ3) is 4.36. The number of benzene rings is 2. The number of aromatic amines is 1. The maximum Gasteiger partial charge on any atom is 0.274 e. The van der Waals surface area contributed by atoms with Gasteiger partial charge in [-0.1, -0.05) is 23.7 Å². The number of H-pyrrole nitrogens is 1. The van der Waals surface area contributed by atoms with Crippen molar-refractivity contribution in [1.29, 1.82) is 0 Å². The molecular weight excluding hydrogens is 473 g/mol. The summed E-state index contributed by atoms with van der Waals surface area (Å²) in [5.41, 5.74) is 1.42. The number of hydrogen-bond donors (Lipinski definition) is 3. The second-order valence-corrected chi connectivity index (χ2v) is 7.99. The van der Waals surface area contributed by atoms with Gasteiger partial charge in [-0.15, -0.1) is 0 Å². The average Bonchev–Trinajstić information content (AvgIpc) is 3.32. The molecule has 0 spiro atoms. The van der Waals surface area contributed by atoms with Crippen molar-refractivity contribution in [2.24, 2.45) is 0 Å². The van der Waals surface area contributed by atoms with Crippen molar-refractivity contribution in [3.8, 4) is 5.75 Å². The van der Waals surface area contributed by atoms with Crippen LogP contribution in [-0.4, -0.2) is 33.9 Å². The van der Waals surface area contributed by atoms with Gasteiger partial charge in [0.25, 0.3) is 11.8 Å². The number of pyridine rings is 2. The quantitative estimate of drug-likeness (QED) is 0.305. The third-order valence-electron chi connectivity index (χ3n) is 5.34. The van der Waals surface area contributed by atoms with Crippen LogP contribution in [0, 0.1) is 5.82 Å². The molecule has 0 aliphatic rings. The van der Waals surface area contributed by atoms with Crippen LogP contribution in [-0.2, 0) is 0 Å². The van der Waals surface area contributed by atoms with Crippen LogP contribution in [0.5, 0.6) is 5.75 Å². The van der Waals surface area contributed by atoms with Gasteiger partial charge in [0.1, 0.15) is 22.9 Å². The summed E-state index contributed by atoms with van der Waals surface area (Å²) in [5, 5.41) is 6.57. The number of amides is 2. The second kappa shape index (κ2) is 9.03. The Bertz CT molecular complexity index is 1620. The minimum Gasteiger partial charge on any atom is -0.496 e. The van der Waals surface area contributed by atoms with Crippen molar-refractivity contribution < 1.29 is 18.7 Å². The van der Waals surface area contributed by atoms with Crippen LogP contribution in [0.1, 0.15) is 20.8 Å². The molecule has 0 fully saturated rings. The van der Waals surface area contributed by atoms with Crippen molar-refractivity contribution in [2.75, 3.05) is 17.7 Å². The van der Waals surface area contributed by atoms with E-state index in [4.69, 9.17) is 16.3 Å². The molecule has 0 aliphatic heterocycles. The van der Waals surface area contributed by atoms with Crippen molar-refractivity contribution in [1.82, 2.24) is 15.0 Å². The Kier molecular flexibility index (Phi) is 5.76. The maximum atomic E-state index is 14.6. The topological polar surface area (TPSA) is 109 Å². The smallest absolute Gasteiger partial charge is 0.274 e. The number of nitrogens with one attached hydrogen (secondary N) is 3. The molecular formula is C25H17ClFN5O3. The molecule has 0 bridgehead atoms. The van der Waals surface area contributed by atoms with Crippen LogP contribution in [0.3, 0.4) is 0 Å². The van der Waals surface area contributed by atoms with Crippen LogP contribution >= 0.6 is 11.6 Å². The van der Waals surface area contributed by atoms with E-state index in [0.29, 0.717) is 22.6 Å². The molecule has 0 atom stereocenters. The highest BCUT2D eigenvalue weighted by Gasteiger charge is 2.19. The van der Waals surface area contributed by atoms with E-state index in [9.17, 15) is 14.0 Å². The largest absolute Gasteiger partial charge is 0.496 e. The number of aromatic nitrogens is 3. The molecule has 5 rings (SSSR count). The summed E-state index contributed by atoms with van der Waals surface area (Å²) in [6.07, 6.45) is 3.21. The Morgan fingerprint density at radius 2 is 1.89 bits per heavy atom. The van der Waals surface area contributed by atoms with Crippen LogP contribution < -0.4 is 15.4 Å². The van der Waals surface area contributed by atoms with Gasteiger partial charge in [-0.25, -0.2) is 14.4 Å². The van der Waals surface area contributed by atoms with Gasteiger partial charge in [0, 0.05) is 23.0 Å².